The molecule has 1 aliphatic rings. The predicted octanol–water partition coefficient (Wildman–Crippen LogP) is 5.91. The lowest BCUT2D eigenvalue weighted by atomic mass is 10.1. The molecule has 3 aromatic heterocycles. The Morgan fingerprint density at radius 1 is 0.776 bits per heavy atom. The number of hydrogen-bond donors (Lipinski definition) is 5. The van der Waals surface area contributed by atoms with Gasteiger partial charge in [0.05, 0.1) is 16.7 Å². The third kappa shape index (κ3) is 10.2. The molecular weight excluding hydrogens is 693 g/mol. The number of halogens is 9. The zero-order valence-corrected chi connectivity index (χ0v) is 23.7. The monoisotopic (exact) mass is 711 g/mol. The fraction of sp³-hybridized carbons (Fsp3) is 0.185. The topological polar surface area (TPSA) is 201 Å². The lowest BCUT2D eigenvalue weighted by Crippen LogP contribution is -2.22. The third-order valence-electron chi connectivity index (χ3n) is 5.67. The summed E-state index contributed by atoms with van der Waals surface area (Å²) in [5.41, 5.74) is 4.51. The maximum Gasteiger partial charge on any atom is 0.490 e. The van der Waals surface area contributed by atoms with E-state index in [0.29, 0.717) is 6.61 Å². The van der Waals surface area contributed by atoms with E-state index in [1.807, 2.05) is 48.7 Å². The Labute approximate surface area is 265 Å². The first-order chi connectivity index (χ1) is 22.7. The number of carboxylic acid groups (broad SMARTS) is 3. The lowest BCUT2D eigenvalue weighted by molar-refractivity contribution is -0.193. The number of hydrogen-bond acceptors (Lipinski definition) is 8. The van der Waals surface area contributed by atoms with Gasteiger partial charge in [0.15, 0.2) is 23.4 Å². The van der Waals surface area contributed by atoms with Crippen LogP contribution in [0.5, 0.6) is 11.5 Å². The SMILES string of the molecule is O=C(O)C(F)(F)F.O=C(O)C(F)(F)F.O=C(O)C(F)(F)F.c1ccc2c(c1)OCC(c1nc3ccc(-c4ncnc5[nH]ccc45)cc3[nH]1)O2. The number of nitrogens with zero attached hydrogens (tertiary/aromatic N) is 3. The first-order valence-corrected chi connectivity index (χ1v) is 12.8. The van der Waals surface area contributed by atoms with Crippen molar-refractivity contribution in [2.45, 2.75) is 24.6 Å². The van der Waals surface area contributed by atoms with Crippen LogP contribution >= 0.6 is 0 Å². The van der Waals surface area contributed by atoms with Gasteiger partial charge in [0, 0.05) is 17.1 Å². The van der Waals surface area contributed by atoms with Crippen molar-refractivity contribution in [3.8, 4) is 22.8 Å². The van der Waals surface area contributed by atoms with Crippen LogP contribution in [0.25, 0.3) is 33.3 Å². The molecule has 0 spiro atoms. The molecule has 0 aliphatic carbocycles. The van der Waals surface area contributed by atoms with E-state index in [9.17, 15) is 39.5 Å². The molecule has 49 heavy (non-hydrogen) atoms. The molecule has 5 N–H and O–H groups in total. The number of carboxylic acids is 3. The molecule has 0 saturated carbocycles. The summed E-state index contributed by atoms with van der Waals surface area (Å²) in [7, 11) is 0. The second kappa shape index (κ2) is 14.8. The summed E-state index contributed by atoms with van der Waals surface area (Å²) >= 11 is 0. The number of aromatic nitrogens is 5. The summed E-state index contributed by atoms with van der Waals surface area (Å²) in [4.78, 5) is 46.6. The quantitative estimate of drug-likeness (QED) is 0.136. The number of fused-ring (bicyclic) bond motifs is 3. The van der Waals surface area contributed by atoms with Crippen LogP contribution in [0, 0.1) is 0 Å². The zero-order chi connectivity index (χ0) is 36.7. The highest BCUT2D eigenvalue weighted by atomic mass is 19.4. The minimum atomic E-state index is -5.08. The number of imidazole rings is 1. The van der Waals surface area contributed by atoms with Crippen molar-refractivity contribution in [2.75, 3.05) is 6.61 Å². The number of ether oxygens (including phenoxy) is 2. The van der Waals surface area contributed by atoms with E-state index >= 15 is 0 Å². The zero-order valence-electron chi connectivity index (χ0n) is 23.7. The molecule has 0 radical (unpaired) electrons. The predicted molar refractivity (Wildman–Crippen MR) is 145 cm³/mol. The van der Waals surface area contributed by atoms with Gasteiger partial charge < -0.3 is 34.8 Å². The van der Waals surface area contributed by atoms with E-state index in [4.69, 9.17) is 44.2 Å². The van der Waals surface area contributed by atoms with Gasteiger partial charge in [-0.15, -0.1) is 0 Å². The number of aliphatic carboxylic acids is 3. The molecule has 22 heteroatoms. The highest BCUT2D eigenvalue weighted by Gasteiger charge is 2.39. The second-order valence-electron chi connectivity index (χ2n) is 9.09. The molecule has 0 bridgehead atoms. The number of benzene rings is 2. The van der Waals surface area contributed by atoms with E-state index in [1.165, 1.54) is 0 Å². The minimum absolute atomic E-state index is 0.277. The van der Waals surface area contributed by atoms with Crippen LogP contribution in [0.15, 0.2) is 61.1 Å². The summed E-state index contributed by atoms with van der Waals surface area (Å²) < 4.78 is 107. The first kappa shape index (κ1) is 37.4. The Morgan fingerprint density at radius 2 is 1.33 bits per heavy atom. The molecule has 0 saturated heterocycles. The van der Waals surface area contributed by atoms with Crippen molar-refractivity contribution in [1.29, 1.82) is 0 Å². The number of para-hydroxylation sites is 2. The largest absolute Gasteiger partial charge is 0.490 e. The maximum atomic E-state index is 10.6. The van der Waals surface area contributed by atoms with Crippen LogP contribution in [0.4, 0.5) is 39.5 Å². The number of aromatic amines is 2. The Kier molecular flexibility index (Phi) is 11.3. The van der Waals surface area contributed by atoms with E-state index in [2.05, 4.69) is 26.0 Å². The third-order valence-corrected chi connectivity index (χ3v) is 5.67. The molecule has 5 aromatic rings. The summed E-state index contributed by atoms with van der Waals surface area (Å²) in [6.07, 6.45) is -12.1. The average Bonchev–Trinajstić information content (AvgIpc) is 3.67. The number of H-pyrrole nitrogens is 2. The molecule has 0 amide bonds. The normalized spacial score (nSPS) is 13.9. The standard InChI is InChI=1S/C21H15N5O2.3C2HF3O2/c1-2-4-17-16(3-1)27-10-18(28-17)21-25-14-6-5-12(9-15(14)26-21)19-13-7-8-22-20(13)24-11-23-19;3*3-2(4,5)1(6)7/h1-9,11,18H,10H2,(H,25,26)(H,22,23,24);3*(H,6,7). The Morgan fingerprint density at radius 3 is 1.88 bits per heavy atom. The maximum absolute atomic E-state index is 10.6. The Hall–Kier alpha value is -6.09. The van der Waals surface area contributed by atoms with Gasteiger partial charge in [-0.2, -0.15) is 39.5 Å². The number of nitrogens with one attached hydrogen (secondary N) is 2. The van der Waals surface area contributed by atoms with Gasteiger partial charge in [0.25, 0.3) is 0 Å². The van der Waals surface area contributed by atoms with E-state index in [0.717, 1.165) is 50.6 Å². The van der Waals surface area contributed by atoms with Crippen molar-refractivity contribution < 1.29 is 78.7 Å². The van der Waals surface area contributed by atoms with E-state index < -0.39 is 36.4 Å². The van der Waals surface area contributed by atoms with Gasteiger partial charge in [0.1, 0.15) is 18.6 Å². The van der Waals surface area contributed by atoms with Crippen LogP contribution in [0.3, 0.4) is 0 Å². The summed E-state index contributed by atoms with van der Waals surface area (Å²) in [6, 6.07) is 15.7. The molecular formula is C27H18F9N5O8. The van der Waals surface area contributed by atoms with Gasteiger partial charge in [0.2, 0.25) is 0 Å². The molecule has 0 fully saturated rings. The van der Waals surface area contributed by atoms with Crippen molar-refractivity contribution in [2.24, 2.45) is 0 Å². The molecule has 13 nitrogen and oxygen atoms in total. The number of rotatable bonds is 2. The molecule has 262 valence electrons. The smallest absolute Gasteiger partial charge is 0.485 e. The van der Waals surface area contributed by atoms with Gasteiger partial charge in [-0.25, -0.2) is 29.3 Å². The fourth-order valence-corrected chi connectivity index (χ4v) is 3.59. The van der Waals surface area contributed by atoms with Crippen molar-refractivity contribution in [3.63, 3.8) is 0 Å². The van der Waals surface area contributed by atoms with Crippen LogP contribution in [0.1, 0.15) is 11.9 Å². The van der Waals surface area contributed by atoms with Gasteiger partial charge in [-0.05, 0) is 30.3 Å². The highest BCUT2D eigenvalue weighted by Crippen LogP contribution is 2.36. The van der Waals surface area contributed by atoms with Crippen LogP contribution in [-0.4, -0.2) is 83.3 Å². The van der Waals surface area contributed by atoms with Gasteiger partial charge in [-0.1, -0.05) is 18.2 Å². The summed E-state index contributed by atoms with van der Waals surface area (Å²) in [6.45, 7) is 0.416. The highest BCUT2D eigenvalue weighted by molar-refractivity contribution is 5.93. The second-order valence-corrected chi connectivity index (χ2v) is 9.09. The summed E-state index contributed by atoms with van der Waals surface area (Å²) in [5, 5.41) is 22.4. The van der Waals surface area contributed by atoms with E-state index in [1.54, 1.807) is 6.33 Å². The van der Waals surface area contributed by atoms with Crippen molar-refractivity contribution in [3.05, 3.63) is 66.9 Å². The molecule has 2 aromatic carbocycles. The van der Waals surface area contributed by atoms with Crippen LogP contribution in [-0.2, 0) is 14.4 Å². The molecule has 1 aliphatic heterocycles. The molecule has 6 rings (SSSR count). The Bertz CT molecular complexity index is 1880. The van der Waals surface area contributed by atoms with Crippen molar-refractivity contribution in [1.82, 2.24) is 24.9 Å². The average molecular weight is 711 g/mol. The van der Waals surface area contributed by atoms with Crippen molar-refractivity contribution >= 4 is 40.0 Å². The van der Waals surface area contributed by atoms with Crippen LogP contribution < -0.4 is 9.47 Å². The Balaban J connectivity index is 0.000000255. The fourth-order valence-electron chi connectivity index (χ4n) is 3.59. The van der Waals surface area contributed by atoms with Gasteiger partial charge in [-0.3, -0.25) is 0 Å². The summed E-state index contributed by atoms with van der Waals surface area (Å²) in [5.74, 6) is -6.03. The van der Waals surface area contributed by atoms with E-state index in [-0.39, 0.29) is 6.10 Å². The molecule has 1 unspecified atom stereocenters. The number of alkyl halides is 9. The molecule has 1 atom stereocenters. The lowest BCUT2D eigenvalue weighted by Gasteiger charge is -2.24. The molecule has 4 heterocycles. The first-order valence-electron chi connectivity index (χ1n) is 12.8. The minimum Gasteiger partial charge on any atom is -0.485 e. The van der Waals surface area contributed by atoms with Gasteiger partial charge >= 0.3 is 36.4 Å². The number of carbonyl (C=O) groups is 3. The van der Waals surface area contributed by atoms with Crippen LogP contribution in [0.2, 0.25) is 0 Å².